The fourth-order valence-electron chi connectivity index (χ4n) is 2.74. The van der Waals surface area contributed by atoms with Gasteiger partial charge in [-0.25, -0.2) is 4.39 Å². The quantitative estimate of drug-likeness (QED) is 0.855. The molecule has 1 N–H and O–H groups in total. The van der Waals surface area contributed by atoms with Crippen LogP contribution in [0.25, 0.3) is 0 Å². The average Bonchev–Trinajstić information content (AvgIpc) is 2.32. The molecular weight excluding hydrogens is 283 g/mol. The van der Waals surface area contributed by atoms with Gasteiger partial charge < -0.3 is 5.11 Å². The molecule has 2 rings (SSSR count). The molecule has 3 heteroatoms. The van der Waals surface area contributed by atoms with Crippen LogP contribution in [-0.2, 0) is 0 Å². The molecule has 3 atom stereocenters. The van der Waals surface area contributed by atoms with Gasteiger partial charge in [0.25, 0.3) is 0 Å². The summed E-state index contributed by atoms with van der Waals surface area (Å²) in [5, 5.41) is 10.3. The van der Waals surface area contributed by atoms with Crippen molar-refractivity contribution in [1.29, 1.82) is 0 Å². The summed E-state index contributed by atoms with van der Waals surface area (Å²) in [6, 6.07) is 4.91. The molecule has 0 radical (unpaired) electrons. The van der Waals surface area contributed by atoms with Crippen LogP contribution in [-0.4, -0.2) is 5.11 Å². The van der Waals surface area contributed by atoms with Crippen LogP contribution in [0.1, 0.15) is 44.3 Å². The van der Waals surface area contributed by atoms with Crippen LogP contribution in [0.15, 0.2) is 22.7 Å². The number of rotatable bonds is 2. The smallest absolute Gasteiger partial charge is 0.137 e. The zero-order chi connectivity index (χ0) is 12.4. The Morgan fingerprint density at radius 2 is 2.18 bits per heavy atom. The summed E-state index contributed by atoms with van der Waals surface area (Å²) in [5.74, 6) is 0.647. The maximum atomic E-state index is 13.4. The highest BCUT2D eigenvalue weighted by atomic mass is 79.9. The summed E-state index contributed by atoms with van der Waals surface area (Å²) in [4.78, 5) is 0. The molecule has 0 heterocycles. The molecule has 0 amide bonds. The molecule has 1 saturated carbocycles. The number of aliphatic hydroxyl groups excluding tert-OH is 1. The van der Waals surface area contributed by atoms with E-state index < -0.39 is 6.10 Å². The van der Waals surface area contributed by atoms with E-state index >= 15 is 0 Å². The van der Waals surface area contributed by atoms with Gasteiger partial charge in [0.1, 0.15) is 5.82 Å². The fourth-order valence-corrected chi connectivity index (χ4v) is 2.98. The Morgan fingerprint density at radius 1 is 1.41 bits per heavy atom. The summed E-state index contributed by atoms with van der Waals surface area (Å²) in [6.45, 7) is 2.22. The average molecular weight is 301 g/mol. The van der Waals surface area contributed by atoms with Crippen LogP contribution in [0.5, 0.6) is 0 Å². The van der Waals surface area contributed by atoms with Crippen molar-refractivity contribution in [3.63, 3.8) is 0 Å². The first-order valence-corrected chi connectivity index (χ1v) is 7.00. The maximum Gasteiger partial charge on any atom is 0.137 e. The Hall–Kier alpha value is -0.410. The Morgan fingerprint density at radius 3 is 2.82 bits per heavy atom. The molecule has 0 spiro atoms. The van der Waals surface area contributed by atoms with E-state index in [1.807, 2.05) is 0 Å². The number of hydrogen-bond donors (Lipinski definition) is 1. The summed E-state index contributed by atoms with van der Waals surface area (Å²) < 4.78 is 13.9. The van der Waals surface area contributed by atoms with Gasteiger partial charge in [-0.2, -0.15) is 0 Å². The van der Waals surface area contributed by atoms with E-state index in [0.717, 1.165) is 12.8 Å². The van der Waals surface area contributed by atoms with Gasteiger partial charge >= 0.3 is 0 Å². The molecule has 94 valence electrons. The van der Waals surface area contributed by atoms with E-state index in [2.05, 4.69) is 22.9 Å². The second-order valence-electron chi connectivity index (χ2n) is 5.15. The first-order valence-electron chi connectivity index (χ1n) is 6.21. The molecule has 1 fully saturated rings. The van der Waals surface area contributed by atoms with Crippen molar-refractivity contribution < 1.29 is 9.50 Å². The summed E-state index contributed by atoms with van der Waals surface area (Å²) in [7, 11) is 0. The van der Waals surface area contributed by atoms with Crippen LogP contribution in [0.4, 0.5) is 4.39 Å². The SMILES string of the molecule is CC1CCCC(C(O)c2ccc(Br)c(F)c2)C1. The minimum absolute atomic E-state index is 0.277. The minimum Gasteiger partial charge on any atom is -0.388 e. The fraction of sp³-hybridized carbons (Fsp3) is 0.571. The third kappa shape index (κ3) is 3.08. The van der Waals surface area contributed by atoms with Crippen molar-refractivity contribution in [2.75, 3.05) is 0 Å². The lowest BCUT2D eigenvalue weighted by molar-refractivity contribution is 0.0711. The first-order chi connectivity index (χ1) is 8.08. The summed E-state index contributed by atoms with van der Waals surface area (Å²) >= 11 is 3.13. The Balaban J connectivity index is 2.12. The molecule has 0 aromatic heterocycles. The Bertz CT molecular complexity index is 394. The van der Waals surface area contributed by atoms with E-state index in [-0.39, 0.29) is 11.7 Å². The van der Waals surface area contributed by atoms with Crippen molar-refractivity contribution in [1.82, 2.24) is 0 Å². The monoisotopic (exact) mass is 300 g/mol. The van der Waals surface area contributed by atoms with Gasteiger partial charge in [0.05, 0.1) is 10.6 Å². The molecule has 0 aliphatic heterocycles. The molecular formula is C14H18BrFO. The second kappa shape index (κ2) is 5.49. The van der Waals surface area contributed by atoms with Crippen molar-refractivity contribution in [2.45, 2.75) is 38.7 Å². The van der Waals surface area contributed by atoms with Gasteiger partial charge in [-0.05, 0) is 58.3 Å². The van der Waals surface area contributed by atoms with Crippen LogP contribution >= 0.6 is 15.9 Å². The molecule has 0 bridgehead atoms. The topological polar surface area (TPSA) is 20.2 Å². The van der Waals surface area contributed by atoms with Crippen LogP contribution in [0.2, 0.25) is 0 Å². The number of hydrogen-bond acceptors (Lipinski definition) is 1. The van der Waals surface area contributed by atoms with E-state index in [1.54, 1.807) is 12.1 Å². The second-order valence-corrected chi connectivity index (χ2v) is 6.00. The highest BCUT2D eigenvalue weighted by Gasteiger charge is 2.26. The van der Waals surface area contributed by atoms with E-state index in [0.29, 0.717) is 16.0 Å². The van der Waals surface area contributed by atoms with Gasteiger partial charge in [-0.1, -0.05) is 25.8 Å². The summed E-state index contributed by atoms with van der Waals surface area (Å²) in [5.41, 5.74) is 0.699. The highest BCUT2D eigenvalue weighted by molar-refractivity contribution is 9.10. The Kier molecular flexibility index (Phi) is 4.21. The third-order valence-electron chi connectivity index (χ3n) is 3.71. The van der Waals surface area contributed by atoms with Crippen molar-refractivity contribution >= 4 is 15.9 Å². The normalized spacial score (nSPS) is 26.8. The van der Waals surface area contributed by atoms with E-state index in [9.17, 15) is 9.50 Å². The van der Waals surface area contributed by atoms with Crippen molar-refractivity contribution in [3.05, 3.63) is 34.1 Å². The predicted octanol–water partition coefficient (Wildman–Crippen LogP) is 4.45. The molecule has 1 aromatic carbocycles. The zero-order valence-corrected chi connectivity index (χ0v) is 11.6. The molecule has 3 unspecified atom stereocenters. The molecule has 1 aromatic rings. The molecule has 1 aliphatic carbocycles. The van der Waals surface area contributed by atoms with E-state index in [1.165, 1.54) is 18.9 Å². The van der Waals surface area contributed by atoms with Gasteiger partial charge in [-0.3, -0.25) is 0 Å². The molecule has 1 aliphatic rings. The minimum atomic E-state index is -0.527. The number of halogens is 2. The molecule has 0 saturated heterocycles. The number of benzene rings is 1. The van der Waals surface area contributed by atoms with Crippen LogP contribution in [0, 0.1) is 17.7 Å². The lowest BCUT2D eigenvalue weighted by Gasteiger charge is -2.30. The molecule has 1 nitrogen and oxygen atoms in total. The van der Waals surface area contributed by atoms with Gasteiger partial charge in [0.15, 0.2) is 0 Å². The van der Waals surface area contributed by atoms with Gasteiger partial charge in [0, 0.05) is 0 Å². The van der Waals surface area contributed by atoms with Gasteiger partial charge in [0.2, 0.25) is 0 Å². The lowest BCUT2D eigenvalue weighted by atomic mass is 9.78. The van der Waals surface area contributed by atoms with E-state index in [4.69, 9.17) is 0 Å². The van der Waals surface area contributed by atoms with Gasteiger partial charge in [-0.15, -0.1) is 0 Å². The summed E-state index contributed by atoms with van der Waals surface area (Å²) in [6.07, 6.45) is 3.97. The molecule has 17 heavy (non-hydrogen) atoms. The first kappa shape index (κ1) is 13.0. The lowest BCUT2D eigenvalue weighted by Crippen LogP contribution is -2.20. The largest absolute Gasteiger partial charge is 0.388 e. The highest BCUT2D eigenvalue weighted by Crippen LogP contribution is 2.37. The zero-order valence-electron chi connectivity index (χ0n) is 10.00. The Labute approximate surface area is 110 Å². The van der Waals surface area contributed by atoms with Crippen molar-refractivity contribution in [2.24, 2.45) is 11.8 Å². The van der Waals surface area contributed by atoms with Crippen LogP contribution in [0.3, 0.4) is 0 Å². The van der Waals surface area contributed by atoms with Crippen molar-refractivity contribution in [3.8, 4) is 0 Å². The predicted molar refractivity (Wildman–Crippen MR) is 70.2 cm³/mol. The third-order valence-corrected chi connectivity index (χ3v) is 4.35. The number of aliphatic hydroxyl groups is 1. The standard InChI is InChI=1S/C14H18BrFO/c1-9-3-2-4-10(7-9)14(17)11-5-6-12(15)13(16)8-11/h5-6,8-10,14,17H,2-4,7H2,1H3. The maximum absolute atomic E-state index is 13.4. The van der Waals surface area contributed by atoms with Crippen LogP contribution < -0.4 is 0 Å².